The molecule has 0 saturated carbocycles. The van der Waals surface area contributed by atoms with Gasteiger partial charge in [-0.2, -0.15) is 5.10 Å². The molecule has 0 spiro atoms. The monoisotopic (exact) mass is 360 g/mol. The number of carbonyl (C=O) groups is 1. The lowest BCUT2D eigenvalue weighted by atomic mass is 10.0. The fourth-order valence-corrected chi connectivity index (χ4v) is 3.18. The van der Waals surface area contributed by atoms with Crippen LogP contribution < -0.4 is 10.9 Å². The van der Waals surface area contributed by atoms with E-state index in [2.05, 4.69) is 29.2 Å². The topological polar surface area (TPSA) is 79.8 Å². The maximum Gasteiger partial charge on any atom is 0.291 e. The predicted octanol–water partition coefficient (Wildman–Crippen LogP) is 3.64. The van der Waals surface area contributed by atoms with E-state index in [1.807, 2.05) is 48.5 Å². The molecule has 0 saturated heterocycles. The van der Waals surface area contributed by atoms with E-state index in [4.69, 9.17) is 0 Å². The number of aromatic nitrogens is 3. The van der Waals surface area contributed by atoms with Crippen molar-refractivity contribution in [3.05, 3.63) is 70.6 Å². The highest BCUT2D eigenvalue weighted by molar-refractivity contribution is 6.06. The maximum absolute atomic E-state index is 12.7. The Balaban J connectivity index is 1.57. The number of fused-ring (bicyclic) bond motifs is 3. The molecule has 6 nitrogen and oxygen atoms in total. The summed E-state index contributed by atoms with van der Waals surface area (Å²) in [5, 5.41) is 8.68. The van der Waals surface area contributed by atoms with Gasteiger partial charge in [-0.3, -0.25) is 9.59 Å². The summed E-state index contributed by atoms with van der Waals surface area (Å²) in [7, 11) is 0. The molecule has 136 valence electrons. The molecule has 2 heterocycles. The lowest BCUT2D eigenvalue weighted by Crippen LogP contribution is -2.29. The van der Waals surface area contributed by atoms with Gasteiger partial charge in [-0.15, -0.1) is 0 Å². The molecule has 0 aliphatic rings. The molecule has 4 rings (SSSR count). The average Bonchev–Trinajstić information content (AvgIpc) is 3.04. The Morgan fingerprint density at radius 2 is 1.85 bits per heavy atom. The second-order valence-corrected chi connectivity index (χ2v) is 6.89. The molecule has 4 aromatic rings. The Kier molecular flexibility index (Phi) is 4.24. The molecular formula is C21H20N4O2. The van der Waals surface area contributed by atoms with Crippen LogP contribution in [0.15, 0.2) is 59.5 Å². The third-order valence-electron chi connectivity index (χ3n) is 4.68. The van der Waals surface area contributed by atoms with Crippen molar-refractivity contribution < 1.29 is 4.79 Å². The van der Waals surface area contributed by atoms with Crippen molar-refractivity contribution in [1.82, 2.24) is 14.8 Å². The van der Waals surface area contributed by atoms with Crippen molar-refractivity contribution in [1.29, 1.82) is 0 Å². The second-order valence-electron chi connectivity index (χ2n) is 6.89. The summed E-state index contributed by atoms with van der Waals surface area (Å²) in [6, 6.07) is 15.4. The Morgan fingerprint density at radius 1 is 1.11 bits per heavy atom. The molecule has 0 radical (unpaired) electrons. The van der Waals surface area contributed by atoms with Crippen molar-refractivity contribution in [2.24, 2.45) is 0 Å². The molecule has 0 atom stereocenters. The molecule has 2 aromatic carbocycles. The molecule has 0 bridgehead atoms. The largest absolute Gasteiger partial charge is 0.350 e. The number of carbonyl (C=O) groups excluding carboxylic acids is 1. The summed E-state index contributed by atoms with van der Waals surface area (Å²) < 4.78 is 1.18. The number of nitrogens with zero attached hydrogens (tertiary/aromatic N) is 2. The van der Waals surface area contributed by atoms with Gasteiger partial charge in [0, 0.05) is 22.0 Å². The van der Waals surface area contributed by atoms with Gasteiger partial charge >= 0.3 is 0 Å². The minimum absolute atomic E-state index is 0.143. The third kappa shape index (κ3) is 3.21. The molecule has 0 unspecified atom stereocenters. The highest BCUT2D eigenvalue weighted by atomic mass is 16.2. The molecule has 27 heavy (non-hydrogen) atoms. The minimum Gasteiger partial charge on any atom is -0.350 e. The lowest BCUT2D eigenvalue weighted by molar-refractivity contribution is -0.117. The van der Waals surface area contributed by atoms with Gasteiger partial charge in [-0.1, -0.05) is 44.2 Å². The molecule has 0 aliphatic heterocycles. The summed E-state index contributed by atoms with van der Waals surface area (Å²) in [6.45, 7) is 4.09. The van der Waals surface area contributed by atoms with Crippen LogP contribution in [0.2, 0.25) is 0 Å². The molecule has 6 heteroatoms. The number of nitrogens with one attached hydrogen (secondary N) is 2. The van der Waals surface area contributed by atoms with Crippen LogP contribution >= 0.6 is 0 Å². The first-order chi connectivity index (χ1) is 13.0. The zero-order valence-electron chi connectivity index (χ0n) is 15.2. The SMILES string of the molecule is CC(C)c1ccc(NC(=O)Cn2ncc3c([nH]c4ccccc43)c2=O)cc1. The summed E-state index contributed by atoms with van der Waals surface area (Å²) in [5.74, 6) is 0.137. The predicted molar refractivity (Wildman–Crippen MR) is 107 cm³/mol. The summed E-state index contributed by atoms with van der Waals surface area (Å²) >= 11 is 0. The van der Waals surface area contributed by atoms with E-state index in [1.165, 1.54) is 10.2 Å². The third-order valence-corrected chi connectivity index (χ3v) is 4.68. The molecular weight excluding hydrogens is 340 g/mol. The quantitative estimate of drug-likeness (QED) is 0.583. The zero-order chi connectivity index (χ0) is 19.0. The smallest absolute Gasteiger partial charge is 0.291 e. The number of aromatic amines is 1. The Bertz CT molecular complexity index is 1190. The van der Waals surface area contributed by atoms with Gasteiger partial charge in [-0.05, 0) is 29.7 Å². The van der Waals surface area contributed by atoms with Crippen molar-refractivity contribution in [2.45, 2.75) is 26.3 Å². The Morgan fingerprint density at radius 3 is 2.59 bits per heavy atom. The van der Waals surface area contributed by atoms with Gasteiger partial charge in [0.2, 0.25) is 5.91 Å². The lowest BCUT2D eigenvalue weighted by Gasteiger charge is -2.09. The average molecular weight is 360 g/mol. The maximum atomic E-state index is 12.7. The van der Waals surface area contributed by atoms with Gasteiger partial charge in [0.15, 0.2) is 0 Å². The second kappa shape index (κ2) is 6.72. The van der Waals surface area contributed by atoms with E-state index in [1.54, 1.807) is 6.20 Å². The number of H-pyrrole nitrogens is 1. The number of amides is 1. The Hall–Kier alpha value is -3.41. The first-order valence-electron chi connectivity index (χ1n) is 8.89. The van der Waals surface area contributed by atoms with E-state index in [9.17, 15) is 9.59 Å². The van der Waals surface area contributed by atoms with E-state index < -0.39 is 0 Å². The number of para-hydroxylation sites is 1. The standard InChI is InChI=1S/C21H20N4O2/c1-13(2)14-7-9-15(10-8-14)23-19(26)12-25-21(27)20-17(11-22-25)16-5-3-4-6-18(16)24-20/h3-11,13,24H,12H2,1-2H3,(H,23,26). The van der Waals surface area contributed by atoms with E-state index in [0.29, 0.717) is 17.1 Å². The van der Waals surface area contributed by atoms with Gasteiger partial charge in [0.25, 0.3) is 5.56 Å². The number of rotatable bonds is 4. The summed E-state index contributed by atoms with van der Waals surface area (Å²) in [5.41, 5.74) is 2.92. The van der Waals surface area contributed by atoms with Crippen LogP contribution in [-0.2, 0) is 11.3 Å². The molecule has 2 aromatic heterocycles. The number of anilines is 1. The fraction of sp³-hybridized carbons (Fsp3) is 0.190. The first kappa shape index (κ1) is 17.0. The van der Waals surface area contributed by atoms with E-state index >= 15 is 0 Å². The van der Waals surface area contributed by atoms with E-state index in [0.717, 1.165) is 16.3 Å². The molecule has 0 aliphatic carbocycles. The van der Waals surface area contributed by atoms with Gasteiger partial charge in [0.1, 0.15) is 12.1 Å². The van der Waals surface area contributed by atoms with Crippen LogP contribution in [0.25, 0.3) is 21.8 Å². The van der Waals surface area contributed by atoms with Crippen LogP contribution in [-0.4, -0.2) is 20.7 Å². The minimum atomic E-state index is -0.311. The Labute approximate surface area is 155 Å². The summed E-state index contributed by atoms with van der Waals surface area (Å²) in [6.07, 6.45) is 1.63. The van der Waals surface area contributed by atoms with Crippen LogP contribution in [0.5, 0.6) is 0 Å². The number of benzene rings is 2. The highest BCUT2D eigenvalue weighted by Crippen LogP contribution is 2.21. The number of hydrogen-bond acceptors (Lipinski definition) is 3. The van der Waals surface area contributed by atoms with E-state index in [-0.39, 0.29) is 18.0 Å². The molecule has 1 amide bonds. The summed E-state index contributed by atoms with van der Waals surface area (Å²) in [4.78, 5) is 28.2. The van der Waals surface area contributed by atoms with Crippen LogP contribution in [0, 0.1) is 0 Å². The van der Waals surface area contributed by atoms with Gasteiger partial charge in [-0.25, -0.2) is 4.68 Å². The zero-order valence-corrected chi connectivity index (χ0v) is 15.2. The molecule has 0 fully saturated rings. The van der Waals surface area contributed by atoms with Crippen molar-refractivity contribution >= 4 is 33.4 Å². The van der Waals surface area contributed by atoms with Gasteiger partial charge < -0.3 is 10.3 Å². The molecule has 2 N–H and O–H groups in total. The van der Waals surface area contributed by atoms with Crippen molar-refractivity contribution in [3.63, 3.8) is 0 Å². The van der Waals surface area contributed by atoms with Crippen molar-refractivity contribution in [2.75, 3.05) is 5.32 Å². The van der Waals surface area contributed by atoms with Gasteiger partial charge in [0.05, 0.1) is 6.20 Å². The van der Waals surface area contributed by atoms with Crippen LogP contribution in [0.3, 0.4) is 0 Å². The first-order valence-corrected chi connectivity index (χ1v) is 8.89. The fourth-order valence-electron chi connectivity index (χ4n) is 3.18. The van der Waals surface area contributed by atoms with Crippen LogP contribution in [0.4, 0.5) is 5.69 Å². The highest BCUT2D eigenvalue weighted by Gasteiger charge is 2.12. The number of hydrogen-bond donors (Lipinski definition) is 2. The van der Waals surface area contributed by atoms with Crippen molar-refractivity contribution in [3.8, 4) is 0 Å². The normalized spacial score (nSPS) is 11.4. The van der Waals surface area contributed by atoms with Crippen LogP contribution in [0.1, 0.15) is 25.3 Å².